The number of quaternary nitrogens is 1. The zero-order chi connectivity index (χ0) is 19.2. The van der Waals surface area contributed by atoms with E-state index >= 15 is 0 Å². The van der Waals surface area contributed by atoms with Crippen LogP contribution in [0.15, 0.2) is 42.5 Å². The third-order valence-electron chi connectivity index (χ3n) is 5.02. The SMILES string of the molecule is COc1ccc(N2CC[NH+](CC(=O)c3ccc(OC)c(OC)c3)CC2)cc1. The van der Waals surface area contributed by atoms with Gasteiger partial charge in [-0.25, -0.2) is 0 Å². The number of rotatable bonds is 7. The van der Waals surface area contributed by atoms with Crippen LogP contribution in [0.5, 0.6) is 17.2 Å². The van der Waals surface area contributed by atoms with Crippen molar-refractivity contribution in [3.05, 3.63) is 48.0 Å². The molecule has 1 heterocycles. The molecule has 6 nitrogen and oxygen atoms in total. The maximum Gasteiger partial charge on any atom is 0.217 e. The lowest BCUT2D eigenvalue weighted by molar-refractivity contribution is -0.892. The molecular formula is C21H27N2O4+. The number of benzene rings is 2. The monoisotopic (exact) mass is 371 g/mol. The van der Waals surface area contributed by atoms with Gasteiger partial charge in [0.1, 0.15) is 12.3 Å². The second-order valence-corrected chi connectivity index (χ2v) is 6.60. The zero-order valence-electron chi connectivity index (χ0n) is 16.2. The Kier molecular flexibility index (Phi) is 6.19. The molecule has 1 saturated heterocycles. The Morgan fingerprint density at radius 1 is 0.926 bits per heavy atom. The largest absolute Gasteiger partial charge is 0.497 e. The molecule has 3 rings (SSSR count). The Balaban J connectivity index is 1.56. The summed E-state index contributed by atoms with van der Waals surface area (Å²) in [6.45, 7) is 4.23. The number of Topliss-reactive ketones (excluding diaryl/α,β-unsaturated/α-hetero) is 1. The summed E-state index contributed by atoms with van der Waals surface area (Å²) < 4.78 is 15.7. The van der Waals surface area contributed by atoms with Gasteiger partial charge in [0.15, 0.2) is 11.5 Å². The van der Waals surface area contributed by atoms with E-state index in [-0.39, 0.29) is 5.78 Å². The Morgan fingerprint density at radius 3 is 2.19 bits per heavy atom. The van der Waals surface area contributed by atoms with E-state index in [9.17, 15) is 4.79 Å². The summed E-state index contributed by atoms with van der Waals surface area (Å²) in [7, 11) is 4.84. The van der Waals surface area contributed by atoms with Crippen LogP contribution in [0.1, 0.15) is 10.4 Å². The van der Waals surface area contributed by atoms with Gasteiger partial charge >= 0.3 is 0 Å². The number of nitrogens with zero attached hydrogens (tertiary/aromatic N) is 1. The van der Waals surface area contributed by atoms with E-state index in [0.717, 1.165) is 31.9 Å². The molecule has 0 saturated carbocycles. The van der Waals surface area contributed by atoms with Crippen molar-refractivity contribution in [1.29, 1.82) is 0 Å². The molecule has 0 bridgehead atoms. The van der Waals surface area contributed by atoms with E-state index in [1.54, 1.807) is 39.5 Å². The van der Waals surface area contributed by atoms with Crippen molar-refractivity contribution in [2.45, 2.75) is 0 Å². The predicted octanol–water partition coefficient (Wildman–Crippen LogP) is 1.30. The number of ether oxygens (including phenoxy) is 3. The number of hydrogen-bond acceptors (Lipinski definition) is 5. The van der Waals surface area contributed by atoms with Crippen molar-refractivity contribution in [1.82, 2.24) is 0 Å². The lowest BCUT2D eigenvalue weighted by Crippen LogP contribution is -3.15. The molecule has 0 amide bonds. The maximum absolute atomic E-state index is 12.7. The Labute approximate surface area is 160 Å². The van der Waals surface area contributed by atoms with Crippen LogP contribution in [-0.4, -0.2) is 59.8 Å². The highest BCUT2D eigenvalue weighted by atomic mass is 16.5. The summed E-state index contributed by atoms with van der Waals surface area (Å²) in [6, 6.07) is 13.5. The van der Waals surface area contributed by atoms with Crippen LogP contribution in [0.3, 0.4) is 0 Å². The van der Waals surface area contributed by atoms with Crippen LogP contribution in [0, 0.1) is 0 Å². The smallest absolute Gasteiger partial charge is 0.217 e. The van der Waals surface area contributed by atoms with E-state index in [4.69, 9.17) is 14.2 Å². The zero-order valence-corrected chi connectivity index (χ0v) is 16.2. The van der Waals surface area contributed by atoms with Crippen LogP contribution in [-0.2, 0) is 0 Å². The quantitative estimate of drug-likeness (QED) is 0.744. The Bertz CT molecular complexity index is 768. The highest BCUT2D eigenvalue weighted by molar-refractivity contribution is 5.97. The minimum absolute atomic E-state index is 0.129. The molecule has 1 fully saturated rings. The van der Waals surface area contributed by atoms with Crippen molar-refractivity contribution in [2.24, 2.45) is 0 Å². The normalized spacial score (nSPS) is 14.7. The molecule has 0 aliphatic carbocycles. The molecule has 144 valence electrons. The Morgan fingerprint density at radius 2 is 1.59 bits per heavy atom. The fourth-order valence-electron chi connectivity index (χ4n) is 3.39. The van der Waals surface area contributed by atoms with Gasteiger partial charge < -0.3 is 24.0 Å². The molecular weight excluding hydrogens is 344 g/mol. The van der Waals surface area contributed by atoms with Crippen LogP contribution in [0.4, 0.5) is 5.69 Å². The molecule has 2 aromatic carbocycles. The third kappa shape index (κ3) is 4.52. The lowest BCUT2D eigenvalue weighted by Gasteiger charge is -2.33. The number of methoxy groups -OCH3 is 3. The first kappa shape index (κ1) is 19.0. The van der Waals surface area contributed by atoms with Gasteiger partial charge in [0.05, 0.1) is 47.5 Å². The van der Waals surface area contributed by atoms with Gasteiger partial charge in [-0.05, 0) is 42.5 Å². The van der Waals surface area contributed by atoms with Gasteiger partial charge in [0.25, 0.3) is 0 Å². The van der Waals surface area contributed by atoms with E-state index < -0.39 is 0 Å². The van der Waals surface area contributed by atoms with Crippen LogP contribution < -0.4 is 24.0 Å². The standard InChI is InChI=1S/C21H26N2O4/c1-25-18-7-5-17(6-8-18)23-12-10-22(11-13-23)15-19(24)16-4-9-20(26-2)21(14-16)27-3/h4-9,14H,10-13,15H2,1-3H3/p+1. The minimum atomic E-state index is 0.129. The van der Waals surface area contributed by atoms with Gasteiger partial charge in [0.2, 0.25) is 5.78 Å². The Hall–Kier alpha value is -2.73. The topological polar surface area (TPSA) is 52.4 Å². The number of carbonyl (C=O) groups excluding carboxylic acids is 1. The highest BCUT2D eigenvalue weighted by Gasteiger charge is 2.23. The van der Waals surface area contributed by atoms with E-state index in [2.05, 4.69) is 17.0 Å². The van der Waals surface area contributed by atoms with Crippen molar-refractivity contribution in [3.8, 4) is 17.2 Å². The minimum Gasteiger partial charge on any atom is -0.497 e. The predicted molar refractivity (Wildman–Crippen MR) is 105 cm³/mol. The fraction of sp³-hybridized carbons (Fsp3) is 0.381. The first-order chi connectivity index (χ1) is 13.1. The van der Waals surface area contributed by atoms with Crippen molar-refractivity contribution in [3.63, 3.8) is 0 Å². The summed E-state index contributed by atoms with van der Waals surface area (Å²) in [6.07, 6.45) is 0. The van der Waals surface area contributed by atoms with Crippen LogP contribution in [0.25, 0.3) is 0 Å². The molecule has 0 spiro atoms. The van der Waals surface area contributed by atoms with E-state index in [1.807, 2.05) is 12.1 Å². The van der Waals surface area contributed by atoms with Gasteiger partial charge in [-0.3, -0.25) is 4.79 Å². The molecule has 2 aromatic rings. The van der Waals surface area contributed by atoms with Crippen LogP contribution >= 0.6 is 0 Å². The number of anilines is 1. The van der Waals surface area contributed by atoms with E-state index in [1.165, 1.54) is 10.6 Å². The highest BCUT2D eigenvalue weighted by Crippen LogP contribution is 2.27. The molecule has 1 aliphatic heterocycles. The molecule has 6 heteroatoms. The van der Waals surface area contributed by atoms with Crippen molar-refractivity contribution < 1.29 is 23.9 Å². The number of piperazine rings is 1. The molecule has 0 atom stereocenters. The molecule has 1 N–H and O–H groups in total. The summed E-state index contributed by atoms with van der Waals surface area (Å²) in [4.78, 5) is 16.3. The average Bonchev–Trinajstić information content (AvgIpc) is 2.73. The number of hydrogen-bond donors (Lipinski definition) is 1. The number of carbonyl (C=O) groups is 1. The van der Waals surface area contributed by atoms with Crippen molar-refractivity contribution >= 4 is 11.5 Å². The summed E-state index contributed by atoms with van der Waals surface area (Å²) >= 11 is 0. The number of ketones is 1. The second-order valence-electron chi connectivity index (χ2n) is 6.60. The summed E-state index contributed by atoms with van der Waals surface area (Å²) in [5, 5.41) is 0. The molecule has 27 heavy (non-hydrogen) atoms. The van der Waals surface area contributed by atoms with Gasteiger partial charge in [-0.1, -0.05) is 0 Å². The van der Waals surface area contributed by atoms with Gasteiger partial charge in [0, 0.05) is 11.3 Å². The first-order valence-electron chi connectivity index (χ1n) is 9.12. The van der Waals surface area contributed by atoms with Gasteiger partial charge in [-0.15, -0.1) is 0 Å². The van der Waals surface area contributed by atoms with Gasteiger partial charge in [-0.2, -0.15) is 0 Å². The third-order valence-corrected chi connectivity index (χ3v) is 5.02. The van der Waals surface area contributed by atoms with E-state index in [0.29, 0.717) is 23.6 Å². The number of nitrogens with one attached hydrogen (secondary N) is 1. The summed E-state index contributed by atoms with van der Waals surface area (Å²) in [5.74, 6) is 2.21. The van der Waals surface area contributed by atoms with Crippen molar-refractivity contribution in [2.75, 3.05) is 59.0 Å². The lowest BCUT2D eigenvalue weighted by atomic mass is 10.1. The molecule has 0 aromatic heterocycles. The second kappa shape index (κ2) is 8.77. The van der Waals surface area contributed by atoms with Crippen LogP contribution in [0.2, 0.25) is 0 Å². The molecule has 0 radical (unpaired) electrons. The maximum atomic E-state index is 12.7. The molecule has 0 unspecified atom stereocenters. The summed E-state index contributed by atoms with van der Waals surface area (Å²) in [5.41, 5.74) is 1.86. The average molecular weight is 371 g/mol. The fourth-order valence-corrected chi connectivity index (χ4v) is 3.39. The molecule has 1 aliphatic rings. The first-order valence-corrected chi connectivity index (χ1v) is 9.12.